The van der Waals surface area contributed by atoms with Gasteiger partial charge in [-0.15, -0.1) is 0 Å². The number of hydrogen-bond donors (Lipinski definition) is 0. The summed E-state index contributed by atoms with van der Waals surface area (Å²) in [6, 6.07) is 18.7. The molecule has 0 aliphatic rings. The van der Waals surface area contributed by atoms with E-state index in [9.17, 15) is 4.79 Å². The lowest BCUT2D eigenvalue weighted by Crippen LogP contribution is -2.18. The Morgan fingerprint density at radius 1 is 1.00 bits per heavy atom. The van der Waals surface area contributed by atoms with Crippen molar-refractivity contribution in [3.63, 3.8) is 0 Å². The van der Waals surface area contributed by atoms with Crippen LogP contribution in [-0.4, -0.2) is 25.3 Å². The monoisotopic (exact) mass is 496 g/mol. The minimum atomic E-state index is -0.511. The van der Waals surface area contributed by atoms with Gasteiger partial charge in [0, 0.05) is 12.7 Å². The van der Waals surface area contributed by atoms with Crippen molar-refractivity contribution in [1.29, 1.82) is 0 Å². The highest BCUT2D eigenvalue weighted by molar-refractivity contribution is 7.08. The molecular weight excluding hydrogens is 464 g/mol. The average molecular weight is 497 g/mol. The third-order valence-corrected chi connectivity index (χ3v) is 6.10. The summed E-state index contributed by atoms with van der Waals surface area (Å²) in [4.78, 5) is 12.5. The maximum Gasteiger partial charge on any atom is 0.334 e. The second kappa shape index (κ2) is 13.4. The van der Waals surface area contributed by atoms with Gasteiger partial charge in [0.15, 0.2) is 0 Å². The fourth-order valence-corrected chi connectivity index (χ4v) is 4.00. The van der Waals surface area contributed by atoms with E-state index in [0.717, 1.165) is 16.7 Å². The molecule has 2 aromatic carbocycles. The zero-order valence-corrected chi connectivity index (χ0v) is 22.1. The number of methoxy groups -OCH3 is 1. The highest BCUT2D eigenvalue weighted by Gasteiger charge is 2.11. The topological polar surface area (TPSA) is 35.5 Å². The van der Waals surface area contributed by atoms with Crippen LogP contribution in [0.5, 0.6) is 0 Å². The van der Waals surface area contributed by atoms with Gasteiger partial charge in [-0.05, 0) is 96.1 Å². The van der Waals surface area contributed by atoms with E-state index in [1.807, 2.05) is 51.1 Å². The lowest BCUT2D eigenvalue weighted by Gasteiger charge is -2.13. The van der Waals surface area contributed by atoms with Crippen LogP contribution in [0.4, 0.5) is 0 Å². The zero-order chi connectivity index (χ0) is 25.8. The molecule has 3 aromatic rings. The van der Waals surface area contributed by atoms with E-state index in [2.05, 4.69) is 71.2 Å². The fourth-order valence-electron chi connectivity index (χ4n) is 3.33. The van der Waals surface area contributed by atoms with Crippen molar-refractivity contribution < 1.29 is 14.3 Å². The molecule has 0 radical (unpaired) electrons. The van der Waals surface area contributed by atoms with E-state index in [0.29, 0.717) is 18.6 Å². The van der Waals surface area contributed by atoms with Gasteiger partial charge in [-0.3, -0.25) is 0 Å². The third-order valence-electron chi connectivity index (χ3n) is 5.42. The van der Waals surface area contributed by atoms with Gasteiger partial charge in [-0.2, -0.15) is 11.3 Å². The van der Waals surface area contributed by atoms with Crippen molar-refractivity contribution in [1.82, 2.24) is 0 Å². The molecule has 0 saturated heterocycles. The van der Waals surface area contributed by atoms with E-state index >= 15 is 0 Å². The van der Waals surface area contributed by atoms with Crippen LogP contribution in [-0.2, 0) is 14.3 Å². The molecule has 184 valence electrons. The van der Waals surface area contributed by atoms with Crippen molar-refractivity contribution in [2.75, 3.05) is 13.7 Å². The number of esters is 1. The summed E-state index contributed by atoms with van der Waals surface area (Å²) in [6.07, 6.45) is 10.1. The molecule has 3 rings (SSSR count). The standard InChI is InChI=1S/C32H32O3S/c1-5-35-31(33)29(14-7-6-8-19-32(2,3)34-4)23-27-13-9-11-25(21-27)16-17-26-12-10-15-28(22-26)30-18-20-36-24-30/h6-7,9-13,15-18,20-24H,5,14H2,1-4H3/b7-6+,17-16+,29-23+. The molecule has 0 unspecified atom stereocenters. The van der Waals surface area contributed by atoms with Crippen molar-refractivity contribution >= 4 is 35.5 Å². The molecule has 4 heteroatoms. The van der Waals surface area contributed by atoms with Crippen LogP contribution in [0.25, 0.3) is 29.4 Å². The molecule has 1 aromatic heterocycles. The molecule has 0 amide bonds. The number of carbonyl (C=O) groups is 1. The summed E-state index contributed by atoms with van der Waals surface area (Å²) in [6.45, 7) is 5.94. The van der Waals surface area contributed by atoms with Crippen molar-refractivity contribution in [3.8, 4) is 23.0 Å². The Balaban J connectivity index is 1.77. The van der Waals surface area contributed by atoms with Gasteiger partial charge in [-0.1, -0.05) is 66.5 Å². The lowest BCUT2D eigenvalue weighted by molar-refractivity contribution is -0.138. The summed E-state index contributed by atoms with van der Waals surface area (Å²) >= 11 is 1.70. The Morgan fingerprint density at radius 2 is 1.72 bits per heavy atom. The normalized spacial score (nSPS) is 12.1. The van der Waals surface area contributed by atoms with Crippen LogP contribution in [0.2, 0.25) is 0 Å². The molecule has 1 heterocycles. The lowest BCUT2D eigenvalue weighted by atomic mass is 10.0. The smallest absolute Gasteiger partial charge is 0.334 e. The molecule has 0 spiro atoms. The zero-order valence-electron chi connectivity index (χ0n) is 21.3. The minimum Gasteiger partial charge on any atom is -0.463 e. The van der Waals surface area contributed by atoms with Gasteiger partial charge in [0.2, 0.25) is 0 Å². The number of carbonyl (C=O) groups excluding carboxylic acids is 1. The van der Waals surface area contributed by atoms with E-state index in [1.165, 1.54) is 11.1 Å². The molecule has 0 fully saturated rings. The number of benzene rings is 2. The van der Waals surface area contributed by atoms with Gasteiger partial charge >= 0.3 is 5.97 Å². The first-order chi connectivity index (χ1) is 17.4. The van der Waals surface area contributed by atoms with Crippen LogP contribution in [0, 0.1) is 11.8 Å². The number of hydrogen-bond acceptors (Lipinski definition) is 4. The fraction of sp³-hybridized carbons (Fsp3) is 0.219. The number of thiophene rings is 1. The van der Waals surface area contributed by atoms with Gasteiger partial charge < -0.3 is 9.47 Å². The van der Waals surface area contributed by atoms with Crippen LogP contribution in [0.1, 0.15) is 43.9 Å². The van der Waals surface area contributed by atoms with Crippen LogP contribution in [0.3, 0.4) is 0 Å². The summed E-state index contributed by atoms with van der Waals surface area (Å²) in [7, 11) is 1.63. The summed E-state index contributed by atoms with van der Waals surface area (Å²) in [5.41, 5.74) is 5.63. The summed E-state index contributed by atoms with van der Waals surface area (Å²) in [5.74, 6) is 5.69. The molecule has 0 N–H and O–H groups in total. The Labute approximate surface area is 218 Å². The molecule has 0 aliphatic heterocycles. The predicted molar refractivity (Wildman–Crippen MR) is 152 cm³/mol. The SMILES string of the molecule is CCOC(=O)/C(=C/c1cccc(/C=C/c2cccc(-c3ccsc3)c2)c1)C/C=C/C#CC(C)(C)OC. The molecule has 0 aliphatic carbocycles. The molecule has 3 nitrogen and oxygen atoms in total. The first kappa shape index (κ1) is 26.9. The predicted octanol–water partition coefficient (Wildman–Crippen LogP) is 7.91. The van der Waals surface area contributed by atoms with Gasteiger partial charge in [0.1, 0.15) is 5.60 Å². The van der Waals surface area contributed by atoms with Crippen molar-refractivity contribution in [2.45, 2.75) is 32.8 Å². The Bertz CT molecular complexity index is 1300. The first-order valence-electron chi connectivity index (χ1n) is 11.9. The maximum atomic E-state index is 12.5. The van der Waals surface area contributed by atoms with E-state index in [1.54, 1.807) is 24.5 Å². The largest absolute Gasteiger partial charge is 0.463 e. The Hall–Kier alpha value is -3.65. The van der Waals surface area contributed by atoms with Gasteiger partial charge in [0.25, 0.3) is 0 Å². The molecular formula is C32H32O3S. The third kappa shape index (κ3) is 8.53. The minimum absolute atomic E-state index is 0.321. The summed E-state index contributed by atoms with van der Waals surface area (Å²) < 4.78 is 10.6. The van der Waals surface area contributed by atoms with Gasteiger partial charge in [0.05, 0.1) is 6.61 Å². The quantitative estimate of drug-likeness (QED) is 0.131. The van der Waals surface area contributed by atoms with Gasteiger partial charge in [-0.25, -0.2) is 4.79 Å². The van der Waals surface area contributed by atoms with Crippen LogP contribution >= 0.6 is 11.3 Å². The van der Waals surface area contributed by atoms with E-state index in [-0.39, 0.29) is 5.97 Å². The number of allylic oxidation sites excluding steroid dienone is 2. The molecule has 0 bridgehead atoms. The Morgan fingerprint density at radius 3 is 2.42 bits per heavy atom. The second-order valence-electron chi connectivity index (χ2n) is 8.62. The van der Waals surface area contributed by atoms with E-state index in [4.69, 9.17) is 9.47 Å². The highest BCUT2D eigenvalue weighted by Crippen LogP contribution is 2.24. The maximum absolute atomic E-state index is 12.5. The van der Waals surface area contributed by atoms with Crippen molar-refractivity contribution in [3.05, 3.63) is 99.8 Å². The van der Waals surface area contributed by atoms with E-state index < -0.39 is 5.60 Å². The molecule has 0 saturated carbocycles. The Kier molecular flexibility index (Phi) is 10.1. The molecule has 36 heavy (non-hydrogen) atoms. The second-order valence-corrected chi connectivity index (χ2v) is 9.40. The first-order valence-corrected chi connectivity index (χ1v) is 12.9. The number of rotatable bonds is 9. The van der Waals surface area contributed by atoms with Crippen molar-refractivity contribution in [2.24, 2.45) is 0 Å². The average Bonchev–Trinajstić information content (AvgIpc) is 3.42. The summed E-state index contributed by atoms with van der Waals surface area (Å²) in [5, 5.41) is 4.24. The van der Waals surface area contributed by atoms with Crippen LogP contribution in [0.15, 0.2) is 83.1 Å². The van der Waals surface area contributed by atoms with Crippen LogP contribution < -0.4 is 0 Å². The number of ether oxygens (including phenoxy) is 2. The molecule has 0 atom stereocenters. The highest BCUT2D eigenvalue weighted by atomic mass is 32.1.